The molecule has 0 saturated carbocycles. The number of benzene rings is 1. The molecule has 0 aliphatic carbocycles. The summed E-state index contributed by atoms with van der Waals surface area (Å²) >= 11 is 0. The Morgan fingerprint density at radius 2 is 1.89 bits per heavy atom. The average molecular weight is 272 g/mol. The van der Waals surface area contributed by atoms with Crippen LogP contribution in [0.1, 0.15) is 6.92 Å². The molecule has 0 amide bonds. The summed E-state index contributed by atoms with van der Waals surface area (Å²) in [4.78, 5) is 2.07. The fourth-order valence-electron chi connectivity index (χ4n) is 1.44. The van der Waals surface area contributed by atoms with Crippen LogP contribution >= 0.6 is 0 Å². The Morgan fingerprint density at radius 3 is 2.39 bits per heavy atom. The number of aliphatic hydroxyl groups excluding tert-OH is 1. The van der Waals surface area contributed by atoms with E-state index in [1.165, 1.54) is 11.4 Å². The van der Waals surface area contributed by atoms with Gasteiger partial charge in [0, 0.05) is 32.9 Å². The molecular formula is C12H20N2O3S. The molecule has 18 heavy (non-hydrogen) atoms. The molecule has 1 aromatic carbocycles. The number of nitrogens with zero attached hydrogens (tertiary/aromatic N) is 2. The lowest BCUT2D eigenvalue weighted by atomic mass is 10.3. The lowest BCUT2D eigenvalue weighted by Crippen LogP contribution is -2.37. The molecule has 0 aromatic heterocycles. The first kappa shape index (κ1) is 14.9. The van der Waals surface area contributed by atoms with Gasteiger partial charge in [0.1, 0.15) is 0 Å². The van der Waals surface area contributed by atoms with Gasteiger partial charge in [-0.1, -0.05) is 6.07 Å². The summed E-state index contributed by atoms with van der Waals surface area (Å²) in [5.41, 5.74) is 0.820. The summed E-state index contributed by atoms with van der Waals surface area (Å²) in [7, 11) is 1.62. The first-order valence-corrected chi connectivity index (χ1v) is 7.11. The SMILES string of the molecule is C[C@H](CO)N(C)S(=O)(=O)c1cccc(N(C)C)c1. The first-order chi connectivity index (χ1) is 8.30. The molecule has 0 spiro atoms. The topological polar surface area (TPSA) is 60.9 Å². The van der Waals surface area contributed by atoms with E-state index in [0.29, 0.717) is 0 Å². The first-order valence-electron chi connectivity index (χ1n) is 5.67. The summed E-state index contributed by atoms with van der Waals surface area (Å²) in [6, 6.07) is 6.28. The Bertz CT molecular complexity index is 500. The third-order valence-corrected chi connectivity index (χ3v) is 4.86. The predicted molar refractivity (Wildman–Crippen MR) is 72.3 cm³/mol. The van der Waals surface area contributed by atoms with Crippen LogP contribution in [0.25, 0.3) is 0 Å². The number of aliphatic hydroxyl groups is 1. The lowest BCUT2D eigenvalue weighted by molar-refractivity contribution is 0.214. The van der Waals surface area contributed by atoms with Gasteiger partial charge >= 0.3 is 0 Å². The highest BCUT2D eigenvalue weighted by atomic mass is 32.2. The predicted octanol–water partition coefficient (Wildman–Crippen LogP) is 0.754. The number of anilines is 1. The van der Waals surface area contributed by atoms with Crippen molar-refractivity contribution < 1.29 is 13.5 Å². The molecule has 1 N–H and O–H groups in total. The van der Waals surface area contributed by atoms with Crippen LogP contribution in [0.2, 0.25) is 0 Å². The molecule has 6 heteroatoms. The molecule has 0 heterocycles. The monoisotopic (exact) mass is 272 g/mol. The highest BCUT2D eigenvalue weighted by Gasteiger charge is 2.25. The highest BCUT2D eigenvalue weighted by Crippen LogP contribution is 2.21. The zero-order valence-electron chi connectivity index (χ0n) is 11.2. The van der Waals surface area contributed by atoms with E-state index in [0.717, 1.165) is 5.69 Å². The molecule has 102 valence electrons. The molecule has 0 radical (unpaired) electrons. The summed E-state index contributed by atoms with van der Waals surface area (Å²) in [6.07, 6.45) is 0. The van der Waals surface area contributed by atoms with Gasteiger partial charge in [0.05, 0.1) is 11.5 Å². The van der Waals surface area contributed by atoms with Crippen LogP contribution in [0.4, 0.5) is 5.69 Å². The smallest absolute Gasteiger partial charge is 0.243 e. The van der Waals surface area contributed by atoms with Gasteiger partial charge in [-0.3, -0.25) is 0 Å². The molecule has 0 unspecified atom stereocenters. The van der Waals surface area contributed by atoms with Crippen LogP contribution < -0.4 is 4.90 Å². The minimum atomic E-state index is -3.56. The van der Waals surface area contributed by atoms with Gasteiger partial charge in [-0.2, -0.15) is 4.31 Å². The Labute approximate surface area is 109 Å². The second-order valence-electron chi connectivity index (χ2n) is 4.44. The van der Waals surface area contributed by atoms with E-state index in [4.69, 9.17) is 5.11 Å². The van der Waals surface area contributed by atoms with Crippen LogP contribution in [0, 0.1) is 0 Å². The van der Waals surface area contributed by atoms with E-state index in [2.05, 4.69) is 0 Å². The fraction of sp³-hybridized carbons (Fsp3) is 0.500. The maximum atomic E-state index is 12.3. The summed E-state index contributed by atoms with van der Waals surface area (Å²) in [5.74, 6) is 0. The van der Waals surface area contributed by atoms with Crippen molar-refractivity contribution in [2.45, 2.75) is 17.9 Å². The van der Waals surface area contributed by atoms with Crippen LogP contribution in [-0.2, 0) is 10.0 Å². The van der Waals surface area contributed by atoms with Crippen LogP contribution in [0.15, 0.2) is 29.2 Å². The van der Waals surface area contributed by atoms with E-state index in [1.807, 2.05) is 25.1 Å². The van der Waals surface area contributed by atoms with Crippen molar-refractivity contribution >= 4 is 15.7 Å². The molecule has 1 aromatic rings. The minimum absolute atomic E-state index is 0.205. The molecule has 0 aliphatic heterocycles. The molecule has 0 saturated heterocycles. The van der Waals surface area contributed by atoms with E-state index < -0.39 is 16.1 Å². The highest BCUT2D eigenvalue weighted by molar-refractivity contribution is 7.89. The van der Waals surface area contributed by atoms with Crippen molar-refractivity contribution in [3.8, 4) is 0 Å². The van der Waals surface area contributed by atoms with Gasteiger partial charge in [-0.15, -0.1) is 0 Å². The van der Waals surface area contributed by atoms with Crippen molar-refractivity contribution in [2.75, 3.05) is 32.6 Å². The lowest BCUT2D eigenvalue weighted by Gasteiger charge is -2.23. The van der Waals surface area contributed by atoms with Crippen molar-refractivity contribution in [2.24, 2.45) is 0 Å². The van der Waals surface area contributed by atoms with Crippen molar-refractivity contribution in [1.82, 2.24) is 4.31 Å². The molecular weight excluding hydrogens is 252 g/mol. The quantitative estimate of drug-likeness (QED) is 0.859. The van der Waals surface area contributed by atoms with E-state index in [9.17, 15) is 8.42 Å². The van der Waals surface area contributed by atoms with Gasteiger partial charge in [-0.05, 0) is 25.1 Å². The van der Waals surface area contributed by atoms with E-state index in [1.54, 1.807) is 25.1 Å². The van der Waals surface area contributed by atoms with Gasteiger partial charge in [-0.25, -0.2) is 8.42 Å². The Balaban J connectivity index is 3.16. The second kappa shape index (κ2) is 5.69. The normalized spacial score (nSPS) is 13.7. The average Bonchev–Trinajstić information content (AvgIpc) is 2.36. The van der Waals surface area contributed by atoms with Crippen LogP contribution in [0.3, 0.4) is 0 Å². The largest absolute Gasteiger partial charge is 0.395 e. The van der Waals surface area contributed by atoms with Crippen LogP contribution in [-0.4, -0.2) is 51.6 Å². The second-order valence-corrected chi connectivity index (χ2v) is 6.44. The Kier molecular flexibility index (Phi) is 4.72. The third kappa shape index (κ3) is 3.01. The molecule has 0 aliphatic rings. The molecule has 1 rings (SSSR count). The summed E-state index contributed by atoms with van der Waals surface area (Å²) in [6.45, 7) is 1.45. The number of rotatable bonds is 5. The van der Waals surface area contributed by atoms with Gasteiger partial charge in [0.2, 0.25) is 10.0 Å². The number of likely N-dealkylation sites (N-methyl/N-ethyl adjacent to an activating group) is 1. The van der Waals surface area contributed by atoms with Crippen molar-refractivity contribution in [3.05, 3.63) is 24.3 Å². The molecule has 1 atom stereocenters. The number of hydrogen-bond acceptors (Lipinski definition) is 4. The van der Waals surface area contributed by atoms with Gasteiger partial charge in [0.25, 0.3) is 0 Å². The molecule has 0 bridgehead atoms. The van der Waals surface area contributed by atoms with Gasteiger partial charge < -0.3 is 10.0 Å². The van der Waals surface area contributed by atoms with Crippen molar-refractivity contribution in [3.63, 3.8) is 0 Å². The molecule has 0 fully saturated rings. The summed E-state index contributed by atoms with van der Waals surface area (Å²) in [5, 5.41) is 9.04. The fourth-order valence-corrected chi connectivity index (χ4v) is 2.83. The van der Waals surface area contributed by atoms with E-state index >= 15 is 0 Å². The van der Waals surface area contributed by atoms with Crippen LogP contribution in [0.5, 0.6) is 0 Å². The minimum Gasteiger partial charge on any atom is -0.395 e. The van der Waals surface area contributed by atoms with Gasteiger partial charge in [0.15, 0.2) is 0 Å². The zero-order valence-corrected chi connectivity index (χ0v) is 12.0. The number of hydrogen-bond donors (Lipinski definition) is 1. The maximum Gasteiger partial charge on any atom is 0.243 e. The standard InChI is InChI=1S/C12H20N2O3S/c1-10(9-15)14(4)18(16,17)12-7-5-6-11(8-12)13(2)3/h5-8,10,15H,9H2,1-4H3/t10-/m1/s1. The molecule has 5 nitrogen and oxygen atoms in total. The summed E-state index contributed by atoms with van der Waals surface area (Å²) < 4.78 is 25.8. The zero-order chi connectivity index (χ0) is 13.9. The van der Waals surface area contributed by atoms with Crippen molar-refractivity contribution in [1.29, 1.82) is 0 Å². The number of sulfonamides is 1. The maximum absolute atomic E-state index is 12.3. The van der Waals surface area contributed by atoms with E-state index in [-0.39, 0.29) is 11.5 Å². The third-order valence-electron chi connectivity index (χ3n) is 2.90. The Morgan fingerprint density at radius 1 is 1.28 bits per heavy atom. The Hall–Kier alpha value is -1.11.